The van der Waals surface area contributed by atoms with Crippen LogP contribution in [0.5, 0.6) is 0 Å². The summed E-state index contributed by atoms with van der Waals surface area (Å²) in [7, 11) is 0. The van der Waals surface area contributed by atoms with E-state index in [1.165, 1.54) is 30.4 Å². The van der Waals surface area contributed by atoms with Crippen LogP contribution in [-0.4, -0.2) is 128 Å². The summed E-state index contributed by atoms with van der Waals surface area (Å²) < 4.78 is 21.6. The van der Waals surface area contributed by atoms with Crippen LogP contribution in [0.15, 0.2) is 37.0 Å². The van der Waals surface area contributed by atoms with Crippen molar-refractivity contribution in [2.75, 3.05) is 26.4 Å². The van der Waals surface area contributed by atoms with Crippen molar-refractivity contribution in [2.24, 2.45) is 0 Å². The highest BCUT2D eigenvalue weighted by Gasteiger charge is 2.50. The van der Waals surface area contributed by atoms with Crippen molar-refractivity contribution in [3.8, 4) is 23.7 Å². The number of aliphatic hydroxyl groups excluding tert-OH is 7. The Morgan fingerprint density at radius 1 is 1.08 bits per heavy atom. The first-order valence-electron chi connectivity index (χ1n) is 11.0. The maximum atomic E-state index is 10.4. The van der Waals surface area contributed by atoms with Crippen LogP contribution in [-0.2, 0) is 18.9 Å². The van der Waals surface area contributed by atoms with E-state index in [1.54, 1.807) is 0 Å². The van der Waals surface area contributed by atoms with Crippen molar-refractivity contribution >= 4 is 0 Å². The first-order chi connectivity index (χ1) is 17.2. The zero-order valence-corrected chi connectivity index (χ0v) is 19.3. The number of rotatable bonds is 10. The Morgan fingerprint density at radius 3 is 2.47 bits per heavy atom. The molecule has 0 spiro atoms. The van der Waals surface area contributed by atoms with E-state index in [1.807, 2.05) is 0 Å². The second-order valence-corrected chi connectivity index (χ2v) is 8.02. The van der Waals surface area contributed by atoms with Crippen LogP contribution >= 0.6 is 0 Å². The average Bonchev–Trinajstić information content (AvgIpc) is 3.16. The Hall–Kier alpha value is -2.14. The van der Waals surface area contributed by atoms with Gasteiger partial charge in [-0.15, -0.1) is 0 Å². The molecule has 0 bridgehead atoms. The lowest BCUT2D eigenvalue weighted by Gasteiger charge is -2.41. The number of aliphatic hydroxyl groups is 8. The lowest BCUT2D eigenvalue weighted by Crippen LogP contribution is -2.60. The molecule has 0 aromatic heterocycles. The summed E-state index contributed by atoms with van der Waals surface area (Å²) >= 11 is 0. The van der Waals surface area contributed by atoms with E-state index in [2.05, 4.69) is 30.3 Å². The second-order valence-electron chi connectivity index (χ2n) is 8.02. The summed E-state index contributed by atoms with van der Waals surface area (Å²) in [5, 5.41) is 79.4. The zero-order valence-electron chi connectivity index (χ0n) is 19.3. The molecule has 0 saturated carbocycles. The summed E-state index contributed by atoms with van der Waals surface area (Å²) in [6, 6.07) is 0. The highest BCUT2D eigenvalue weighted by molar-refractivity contribution is 5.32. The van der Waals surface area contributed by atoms with Gasteiger partial charge in [0, 0.05) is 0 Å². The van der Waals surface area contributed by atoms with Crippen LogP contribution < -0.4 is 0 Å². The van der Waals surface area contributed by atoms with Crippen LogP contribution in [0.25, 0.3) is 0 Å². The van der Waals surface area contributed by atoms with Crippen molar-refractivity contribution in [3.05, 3.63) is 37.0 Å². The van der Waals surface area contributed by atoms with E-state index in [4.69, 9.17) is 24.1 Å². The lowest BCUT2D eigenvalue weighted by molar-refractivity contribution is -0.318. The van der Waals surface area contributed by atoms with Crippen molar-refractivity contribution in [2.45, 2.75) is 60.9 Å². The molecule has 0 unspecified atom stereocenters. The molecule has 0 amide bonds. The molecule has 12 nitrogen and oxygen atoms in total. The molecular weight excluding hydrogens is 480 g/mol. The third-order valence-corrected chi connectivity index (χ3v) is 5.37. The van der Waals surface area contributed by atoms with Gasteiger partial charge in [-0.05, 0) is 17.9 Å². The highest BCUT2D eigenvalue weighted by Crippen LogP contribution is 2.28. The van der Waals surface area contributed by atoms with Crippen molar-refractivity contribution in [3.63, 3.8) is 0 Å². The normalized spacial score (nSPS) is 36.2. The molecule has 2 fully saturated rings. The molecule has 8 N–H and O–H groups in total. The first kappa shape index (κ1) is 30.1. The summed E-state index contributed by atoms with van der Waals surface area (Å²) in [6.45, 7) is 1.73. The standard InChI is InChI=1S/C24H32O12/c1-2-3-10-16(15(27)9-7-5-4-6-8-11-25)35-22-20(30)19(29)18(28)17(36-22)12-33-23-21(31)24(32,13-26)14-34-23/h2-3,6,8,10,15-23,25-32H,1,11-14H2/b8-6+,10-3-/t15-,16+,17+,18+,19-,20+,21-,22+,23+,24+/m0/s1. The monoisotopic (exact) mass is 512 g/mol. The largest absolute Gasteiger partial charge is 0.393 e. The van der Waals surface area contributed by atoms with Crippen molar-refractivity contribution in [1.82, 2.24) is 0 Å². The van der Waals surface area contributed by atoms with Gasteiger partial charge in [0.25, 0.3) is 0 Å². The van der Waals surface area contributed by atoms with Gasteiger partial charge in [-0.1, -0.05) is 42.7 Å². The van der Waals surface area contributed by atoms with Crippen LogP contribution in [0, 0.1) is 23.7 Å². The molecule has 10 atom stereocenters. The fraction of sp³-hybridized carbons (Fsp3) is 0.583. The minimum atomic E-state index is -1.92. The molecule has 2 heterocycles. The van der Waals surface area contributed by atoms with Crippen LogP contribution in [0.4, 0.5) is 0 Å². The second kappa shape index (κ2) is 14.6. The summed E-state index contributed by atoms with van der Waals surface area (Å²) in [5.74, 6) is 9.84. The maximum Gasteiger partial charge on any atom is 0.187 e. The minimum Gasteiger partial charge on any atom is -0.393 e. The quantitative estimate of drug-likeness (QED) is 0.105. The van der Waals surface area contributed by atoms with Crippen LogP contribution in [0.2, 0.25) is 0 Å². The van der Waals surface area contributed by atoms with E-state index in [0.717, 1.165) is 0 Å². The number of allylic oxidation sites excluding steroid dienone is 3. The molecule has 200 valence electrons. The molecule has 0 aromatic rings. The molecule has 2 saturated heterocycles. The number of hydrogen-bond acceptors (Lipinski definition) is 12. The Kier molecular flexibility index (Phi) is 12.2. The molecule has 2 aliphatic heterocycles. The molecule has 2 rings (SSSR count). The Morgan fingerprint density at radius 2 is 1.83 bits per heavy atom. The molecule has 0 aromatic carbocycles. The third kappa shape index (κ3) is 7.93. The van der Waals surface area contributed by atoms with Crippen molar-refractivity contribution < 1.29 is 59.8 Å². The van der Waals surface area contributed by atoms with E-state index in [9.17, 15) is 35.7 Å². The first-order valence-corrected chi connectivity index (χ1v) is 11.0. The SMILES string of the molecule is C=C/C=C\[C@@H](O[C@@H]1O[C@H](CO[C@@H]2OC[C@](O)(CO)[C@H]2O)[C@@H](O)[C@H](O)[C@H]1O)[C@@H](O)C#CC#C/C=C/CO. The maximum absolute atomic E-state index is 10.4. The van der Waals surface area contributed by atoms with Crippen molar-refractivity contribution in [1.29, 1.82) is 0 Å². The van der Waals surface area contributed by atoms with Gasteiger partial charge < -0.3 is 59.8 Å². The van der Waals surface area contributed by atoms with Gasteiger partial charge in [0.05, 0.1) is 26.4 Å². The van der Waals surface area contributed by atoms with E-state index < -0.39 is 80.7 Å². The number of ether oxygens (including phenoxy) is 4. The Labute approximate surface area is 208 Å². The highest BCUT2D eigenvalue weighted by atomic mass is 16.7. The average molecular weight is 513 g/mol. The molecular formula is C24H32O12. The van der Waals surface area contributed by atoms with Gasteiger partial charge >= 0.3 is 0 Å². The van der Waals surface area contributed by atoms with E-state index >= 15 is 0 Å². The fourth-order valence-electron chi connectivity index (χ4n) is 3.24. The van der Waals surface area contributed by atoms with Crippen LogP contribution in [0.3, 0.4) is 0 Å². The van der Waals surface area contributed by atoms with Gasteiger partial charge in [0.2, 0.25) is 0 Å². The molecule has 0 radical (unpaired) electrons. The molecule has 2 aliphatic rings. The summed E-state index contributed by atoms with van der Waals surface area (Å²) in [5.41, 5.74) is -1.92. The zero-order chi connectivity index (χ0) is 26.7. The predicted molar refractivity (Wildman–Crippen MR) is 122 cm³/mol. The molecule has 0 aliphatic carbocycles. The van der Waals surface area contributed by atoms with Gasteiger partial charge in [-0.2, -0.15) is 0 Å². The van der Waals surface area contributed by atoms with E-state index in [-0.39, 0.29) is 6.61 Å². The summed E-state index contributed by atoms with van der Waals surface area (Å²) in [4.78, 5) is 0. The van der Waals surface area contributed by atoms with Gasteiger partial charge in [0.1, 0.15) is 48.3 Å². The molecule has 36 heavy (non-hydrogen) atoms. The van der Waals surface area contributed by atoms with Gasteiger partial charge in [0.15, 0.2) is 12.6 Å². The lowest BCUT2D eigenvalue weighted by atomic mass is 9.99. The summed E-state index contributed by atoms with van der Waals surface area (Å²) in [6.07, 6.45) is -6.41. The van der Waals surface area contributed by atoms with Gasteiger partial charge in [-0.25, -0.2) is 0 Å². The topological polar surface area (TPSA) is 199 Å². The third-order valence-electron chi connectivity index (χ3n) is 5.37. The van der Waals surface area contributed by atoms with Crippen LogP contribution in [0.1, 0.15) is 0 Å². The Bertz CT molecular complexity index is 883. The van der Waals surface area contributed by atoms with Gasteiger partial charge in [-0.3, -0.25) is 0 Å². The molecule has 12 heteroatoms. The smallest absolute Gasteiger partial charge is 0.187 e. The fourth-order valence-corrected chi connectivity index (χ4v) is 3.24. The Balaban J connectivity index is 2.08. The van der Waals surface area contributed by atoms with E-state index in [0.29, 0.717) is 0 Å². The number of hydrogen-bond donors (Lipinski definition) is 8. The minimum absolute atomic E-state index is 0.178. The predicted octanol–water partition coefficient (Wildman–Crippen LogP) is -3.71.